The van der Waals surface area contributed by atoms with Crippen LogP contribution >= 0.6 is 0 Å². The minimum atomic E-state index is -0.279. The summed E-state index contributed by atoms with van der Waals surface area (Å²) in [7, 11) is 1.54. The Morgan fingerprint density at radius 2 is 1.75 bits per heavy atom. The Hall–Kier alpha value is -3.02. The molecule has 6 heteroatoms. The fourth-order valence-electron chi connectivity index (χ4n) is 2.65. The molecule has 0 fully saturated rings. The number of unbranched alkanes of at least 4 members (excludes halogenated alkanes) is 1. The van der Waals surface area contributed by atoms with Crippen molar-refractivity contribution < 1.29 is 19.1 Å². The van der Waals surface area contributed by atoms with Crippen LogP contribution in [-0.2, 0) is 4.79 Å². The van der Waals surface area contributed by atoms with Crippen molar-refractivity contribution in [3.8, 4) is 11.5 Å². The second-order valence-electron chi connectivity index (χ2n) is 6.29. The molecule has 28 heavy (non-hydrogen) atoms. The number of hydrogen-bond acceptors (Lipinski definition) is 4. The van der Waals surface area contributed by atoms with E-state index in [0.29, 0.717) is 30.2 Å². The van der Waals surface area contributed by atoms with Crippen molar-refractivity contribution in [2.45, 2.75) is 26.7 Å². The van der Waals surface area contributed by atoms with Gasteiger partial charge in [-0.2, -0.15) is 0 Å². The third-order valence-electron chi connectivity index (χ3n) is 4.25. The van der Waals surface area contributed by atoms with E-state index in [1.807, 2.05) is 19.1 Å². The summed E-state index contributed by atoms with van der Waals surface area (Å²) in [6.07, 6.45) is 2.06. The number of amides is 2. The third kappa shape index (κ3) is 6.01. The third-order valence-corrected chi connectivity index (χ3v) is 4.25. The molecule has 0 aliphatic carbocycles. The van der Waals surface area contributed by atoms with Crippen LogP contribution in [0.5, 0.6) is 11.5 Å². The van der Waals surface area contributed by atoms with Gasteiger partial charge in [0.15, 0.2) is 0 Å². The zero-order chi connectivity index (χ0) is 20.4. The van der Waals surface area contributed by atoms with Gasteiger partial charge >= 0.3 is 0 Å². The maximum absolute atomic E-state index is 12.7. The van der Waals surface area contributed by atoms with E-state index in [4.69, 9.17) is 9.47 Å². The second kappa shape index (κ2) is 11.0. The number of hydrogen-bond donors (Lipinski definition) is 1. The van der Waals surface area contributed by atoms with Crippen molar-refractivity contribution in [1.29, 1.82) is 0 Å². The lowest BCUT2D eigenvalue weighted by molar-refractivity contribution is -0.116. The first kappa shape index (κ1) is 21.3. The Labute approximate surface area is 166 Å². The summed E-state index contributed by atoms with van der Waals surface area (Å²) in [6, 6.07) is 14.2. The maximum Gasteiger partial charge on any atom is 0.254 e. The fraction of sp³-hybridized carbons (Fsp3) is 0.364. The van der Waals surface area contributed by atoms with E-state index < -0.39 is 0 Å². The van der Waals surface area contributed by atoms with Gasteiger partial charge in [-0.15, -0.1) is 0 Å². The summed E-state index contributed by atoms with van der Waals surface area (Å²) in [5.74, 6) is 0.836. The van der Waals surface area contributed by atoms with Crippen LogP contribution in [0.1, 0.15) is 37.0 Å². The quantitative estimate of drug-likeness (QED) is 0.629. The van der Waals surface area contributed by atoms with E-state index >= 15 is 0 Å². The molecule has 0 aliphatic rings. The molecule has 0 aliphatic heterocycles. The Morgan fingerprint density at radius 3 is 2.39 bits per heavy atom. The van der Waals surface area contributed by atoms with E-state index in [0.717, 1.165) is 18.6 Å². The monoisotopic (exact) mass is 384 g/mol. The number of benzene rings is 2. The Morgan fingerprint density at radius 1 is 1.04 bits per heavy atom. The van der Waals surface area contributed by atoms with Gasteiger partial charge in [0.2, 0.25) is 5.91 Å². The van der Waals surface area contributed by atoms with Crippen molar-refractivity contribution in [3.63, 3.8) is 0 Å². The lowest BCUT2D eigenvalue weighted by atomic mass is 10.2. The second-order valence-corrected chi connectivity index (χ2v) is 6.29. The van der Waals surface area contributed by atoms with Crippen LogP contribution < -0.4 is 14.8 Å². The molecule has 0 bridgehead atoms. The molecule has 2 amide bonds. The van der Waals surface area contributed by atoms with Gasteiger partial charge in [-0.05, 0) is 49.7 Å². The summed E-state index contributed by atoms with van der Waals surface area (Å²) in [6.45, 7) is 4.99. The number of likely N-dealkylation sites (N-methyl/N-ethyl adjacent to an activating group) is 1. The number of para-hydroxylation sites is 2. The summed E-state index contributed by atoms with van der Waals surface area (Å²) >= 11 is 0. The van der Waals surface area contributed by atoms with Gasteiger partial charge in [-0.1, -0.05) is 25.5 Å². The van der Waals surface area contributed by atoms with Crippen LogP contribution in [0.25, 0.3) is 0 Å². The van der Waals surface area contributed by atoms with Crippen molar-refractivity contribution in [2.24, 2.45) is 0 Å². The summed E-state index contributed by atoms with van der Waals surface area (Å²) in [4.78, 5) is 26.6. The summed E-state index contributed by atoms with van der Waals surface area (Å²) < 4.78 is 10.9. The Balaban J connectivity index is 1.97. The highest BCUT2D eigenvalue weighted by atomic mass is 16.5. The standard InChI is InChI=1S/C22H28N2O4/c1-4-6-15-28-18-13-11-17(12-14-18)22(26)24(5-2)16-21(25)23-19-9-7-8-10-20(19)27-3/h7-14H,4-6,15-16H2,1-3H3,(H,23,25). The van der Waals surface area contributed by atoms with E-state index in [1.165, 1.54) is 4.90 Å². The van der Waals surface area contributed by atoms with E-state index in [-0.39, 0.29) is 18.4 Å². The zero-order valence-corrected chi connectivity index (χ0v) is 16.7. The first-order valence-electron chi connectivity index (χ1n) is 9.54. The molecule has 0 spiro atoms. The van der Waals surface area contributed by atoms with Gasteiger partial charge < -0.3 is 19.7 Å². The van der Waals surface area contributed by atoms with Crippen molar-refractivity contribution in [1.82, 2.24) is 4.90 Å². The molecule has 6 nitrogen and oxygen atoms in total. The number of anilines is 1. The van der Waals surface area contributed by atoms with Gasteiger partial charge in [-0.3, -0.25) is 9.59 Å². The zero-order valence-electron chi connectivity index (χ0n) is 16.7. The highest BCUT2D eigenvalue weighted by molar-refractivity contribution is 5.99. The molecule has 2 rings (SSSR count). The normalized spacial score (nSPS) is 10.2. The number of methoxy groups -OCH3 is 1. The van der Waals surface area contributed by atoms with Crippen LogP contribution in [-0.4, -0.2) is 43.5 Å². The van der Waals surface area contributed by atoms with Crippen molar-refractivity contribution >= 4 is 17.5 Å². The van der Waals surface area contributed by atoms with Gasteiger partial charge in [0.1, 0.15) is 18.0 Å². The van der Waals surface area contributed by atoms with Gasteiger partial charge in [-0.25, -0.2) is 0 Å². The van der Waals surface area contributed by atoms with Gasteiger partial charge in [0, 0.05) is 12.1 Å². The van der Waals surface area contributed by atoms with Crippen LogP contribution in [0.15, 0.2) is 48.5 Å². The molecule has 0 aromatic heterocycles. The van der Waals surface area contributed by atoms with E-state index in [9.17, 15) is 9.59 Å². The van der Waals surface area contributed by atoms with Gasteiger partial charge in [0.25, 0.3) is 5.91 Å². The lowest BCUT2D eigenvalue weighted by Gasteiger charge is -2.21. The molecule has 0 saturated carbocycles. The first-order valence-corrected chi connectivity index (χ1v) is 9.54. The molecular weight excluding hydrogens is 356 g/mol. The Bertz CT molecular complexity index is 774. The fourth-order valence-corrected chi connectivity index (χ4v) is 2.65. The van der Waals surface area contributed by atoms with Crippen LogP contribution in [0.3, 0.4) is 0 Å². The average Bonchev–Trinajstić information content (AvgIpc) is 2.72. The Kier molecular flexibility index (Phi) is 8.34. The predicted molar refractivity (Wildman–Crippen MR) is 110 cm³/mol. The lowest BCUT2D eigenvalue weighted by Crippen LogP contribution is -2.37. The number of nitrogens with zero attached hydrogens (tertiary/aromatic N) is 1. The molecule has 1 N–H and O–H groups in total. The molecule has 150 valence electrons. The largest absolute Gasteiger partial charge is 0.495 e. The number of ether oxygens (including phenoxy) is 2. The van der Waals surface area contributed by atoms with Crippen molar-refractivity contribution in [2.75, 3.05) is 32.1 Å². The molecule has 0 heterocycles. The topological polar surface area (TPSA) is 67.9 Å². The number of carbonyl (C=O) groups is 2. The molecule has 2 aromatic carbocycles. The molecule has 0 unspecified atom stereocenters. The maximum atomic E-state index is 12.7. The molecular formula is C22H28N2O4. The molecule has 0 radical (unpaired) electrons. The molecule has 2 aromatic rings. The van der Waals surface area contributed by atoms with Crippen LogP contribution in [0.4, 0.5) is 5.69 Å². The number of nitrogens with one attached hydrogen (secondary N) is 1. The SMILES string of the molecule is CCCCOc1ccc(C(=O)N(CC)CC(=O)Nc2ccccc2OC)cc1. The van der Waals surface area contributed by atoms with Crippen LogP contribution in [0, 0.1) is 0 Å². The highest BCUT2D eigenvalue weighted by Crippen LogP contribution is 2.23. The summed E-state index contributed by atoms with van der Waals surface area (Å²) in [5, 5.41) is 2.79. The first-order chi connectivity index (χ1) is 13.6. The summed E-state index contributed by atoms with van der Waals surface area (Å²) in [5.41, 5.74) is 1.10. The minimum Gasteiger partial charge on any atom is -0.495 e. The molecule has 0 atom stereocenters. The van der Waals surface area contributed by atoms with Crippen LogP contribution in [0.2, 0.25) is 0 Å². The van der Waals surface area contributed by atoms with Crippen molar-refractivity contribution in [3.05, 3.63) is 54.1 Å². The molecule has 0 saturated heterocycles. The predicted octanol–water partition coefficient (Wildman–Crippen LogP) is 3.97. The van der Waals surface area contributed by atoms with Gasteiger partial charge in [0.05, 0.1) is 19.4 Å². The minimum absolute atomic E-state index is 0.0396. The number of rotatable bonds is 10. The number of carbonyl (C=O) groups excluding carboxylic acids is 2. The average molecular weight is 384 g/mol. The highest BCUT2D eigenvalue weighted by Gasteiger charge is 2.18. The van der Waals surface area contributed by atoms with E-state index in [2.05, 4.69) is 12.2 Å². The smallest absolute Gasteiger partial charge is 0.254 e. The van der Waals surface area contributed by atoms with E-state index in [1.54, 1.807) is 43.5 Å².